The molecule has 0 aromatic heterocycles. The molecule has 0 fully saturated rings. The van der Waals surface area contributed by atoms with Gasteiger partial charge >= 0.3 is 0 Å². The number of hydrogen-bond acceptors (Lipinski definition) is 2. The molecule has 0 aromatic rings. The van der Waals surface area contributed by atoms with Crippen molar-refractivity contribution in [2.75, 3.05) is 12.8 Å². The molecule has 0 aromatic carbocycles. The summed E-state index contributed by atoms with van der Waals surface area (Å²) in [5.74, 6) is -0.130. The molecule has 0 spiro atoms. The van der Waals surface area contributed by atoms with Crippen LogP contribution in [-0.2, 0) is 15.6 Å². The SMILES string of the molecule is C/C=C/C(=O)NCC(C)S(C)=O. The Balaban J connectivity index is 3.68. The fourth-order valence-corrected chi connectivity index (χ4v) is 0.890. The molecule has 0 saturated carbocycles. The minimum atomic E-state index is -0.869. The molecular formula is C8H15NO2S. The Kier molecular flexibility index (Phi) is 5.62. The van der Waals surface area contributed by atoms with E-state index in [4.69, 9.17) is 0 Å². The Morgan fingerprint density at radius 2 is 2.25 bits per heavy atom. The highest BCUT2D eigenvalue weighted by Gasteiger charge is 2.05. The normalized spacial score (nSPS) is 15.9. The van der Waals surface area contributed by atoms with Crippen molar-refractivity contribution in [3.05, 3.63) is 12.2 Å². The summed E-state index contributed by atoms with van der Waals surface area (Å²) in [6, 6.07) is 0. The maximum Gasteiger partial charge on any atom is 0.243 e. The second-order valence-corrected chi connectivity index (χ2v) is 4.36. The number of allylic oxidation sites excluding steroid dienone is 1. The fraction of sp³-hybridized carbons (Fsp3) is 0.625. The first kappa shape index (κ1) is 11.4. The first-order valence-corrected chi connectivity index (χ1v) is 5.42. The molecular weight excluding hydrogens is 174 g/mol. The molecule has 70 valence electrons. The van der Waals surface area contributed by atoms with Crippen molar-refractivity contribution in [1.82, 2.24) is 5.32 Å². The van der Waals surface area contributed by atoms with E-state index in [0.717, 1.165) is 0 Å². The number of hydrogen-bond donors (Lipinski definition) is 1. The van der Waals surface area contributed by atoms with Gasteiger partial charge in [0.2, 0.25) is 5.91 Å². The zero-order chi connectivity index (χ0) is 9.56. The van der Waals surface area contributed by atoms with E-state index < -0.39 is 10.8 Å². The Bertz CT molecular complexity index is 201. The van der Waals surface area contributed by atoms with Gasteiger partial charge in [0.15, 0.2) is 0 Å². The van der Waals surface area contributed by atoms with Crippen LogP contribution in [0.15, 0.2) is 12.2 Å². The van der Waals surface area contributed by atoms with Gasteiger partial charge in [0.1, 0.15) is 0 Å². The first-order chi connectivity index (χ1) is 5.57. The molecule has 2 unspecified atom stereocenters. The minimum Gasteiger partial charge on any atom is -0.351 e. The molecule has 12 heavy (non-hydrogen) atoms. The zero-order valence-electron chi connectivity index (χ0n) is 7.66. The first-order valence-electron chi connectivity index (χ1n) is 3.80. The summed E-state index contributed by atoms with van der Waals surface area (Å²) in [5.41, 5.74) is 0. The van der Waals surface area contributed by atoms with E-state index >= 15 is 0 Å². The highest BCUT2D eigenvalue weighted by Crippen LogP contribution is 1.89. The average Bonchev–Trinajstić information content (AvgIpc) is 2.00. The lowest BCUT2D eigenvalue weighted by Crippen LogP contribution is -2.31. The van der Waals surface area contributed by atoms with Crippen LogP contribution in [0, 0.1) is 0 Å². The second-order valence-electron chi connectivity index (χ2n) is 2.55. The van der Waals surface area contributed by atoms with Gasteiger partial charge in [0, 0.05) is 28.9 Å². The number of rotatable bonds is 4. The smallest absolute Gasteiger partial charge is 0.243 e. The molecule has 0 saturated heterocycles. The van der Waals surface area contributed by atoms with Gasteiger partial charge in [0.05, 0.1) is 0 Å². The van der Waals surface area contributed by atoms with Crippen LogP contribution < -0.4 is 5.32 Å². The zero-order valence-corrected chi connectivity index (χ0v) is 8.48. The maximum atomic E-state index is 10.9. The summed E-state index contributed by atoms with van der Waals surface area (Å²) in [4.78, 5) is 10.9. The van der Waals surface area contributed by atoms with E-state index in [-0.39, 0.29) is 11.2 Å². The Hall–Kier alpha value is -0.640. The molecule has 4 heteroatoms. The van der Waals surface area contributed by atoms with Crippen molar-refractivity contribution in [2.45, 2.75) is 19.1 Å². The van der Waals surface area contributed by atoms with Crippen molar-refractivity contribution < 1.29 is 9.00 Å². The predicted molar refractivity (Wildman–Crippen MR) is 51.4 cm³/mol. The van der Waals surface area contributed by atoms with Gasteiger partial charge in [-0.25, -0.2) is 0 Å². The van der Waals surface area contributed by atoms with Crippen LogP contribution in [0.25, 0.3) is 0 Å². The van der Waals surface area contributed by atoms with Gasteiger partial charge in [-0.3, -0.25) is 9.00 Å². The van der Waals surface area contributed by atoms with Gasteiger partial charge in [-0.15, -0.1) is 0 Å². The Morgan fingerprint density at radius 3 is 2.67 bits per heavy atom. The molecule has 1 N–H and O–H groups in total. The van der Waals surface area contributed by atoms with Crippen LogP contribution in [0.3, 0.4) is 0 Å². The lowest BCUT2D eigenvalue weighted by molar-refractivity contribution is -0.116. The molecule has 0 bridgehead atoms. The standard InChI is InChI=1S/C8H15NO2S/c1-4-5-8(10)9-6-7(2)12(3)11/h4-5,7H,6H2,1-3H3,(H,9,10)/b5-4+. The lowest BCUT2D eigenvalue weighted by Gasteiger charge is -2.07. The molecule has 0 rings (SSSR count). The summed E-state index contributed by atoms with van der Waals surface area (Å²) in [6.07, 6.45) is 4.75. The van der Waals surface area contributed by atoms with Crippen molar-refractivity contribution in [3.63, 3.8) is 0 Å². The van der Waals surface area contributed by atoms with Gasteiger partial charge in [0.25, 0.3) is 0 Å². The number of amides is 1. The van der Waals surface area contributed by atoms with Crippen LogP contribution >= 0.6 is 0 Å². The summed E-state index contributed by atoms with van der Waals surface area (Å²) in [7, 11) is -0.869. The summed E-state index contributed by atoms with van der Waals surface area (Å²) in [5, 5.41) is 2.66. The van der Waals surface area contributed by atoms with Crippen molar-refractivity contribution >= 4 is 16.7 Å². The predicted octanol–water partition coefficient (Wildman–Crippen LogP) is 0.446. The molecule has 2 atom stereocenters. The van der Waals surface area contributed by atoms with E-state index in [1.54, 1.807) is 19.3 Å². The highest BCUT2D eigenvalue weighted by atomic mass is 32.2. The van der Waals surface area contributed by atoms with Crippen LogP contribution in [0.1, 0.15) is 13.8 Å². The van der Waals surface area contributed by atoms with Crippen LogP contribution in [-0.4, -0.2) is 28.2 Å². The van der Waals surface area contributed by atoms with Gasteiger partial charge in [-0.05, 0) is 19.9 Å². The minimum absolute atomic E-state index is 0.0132. The topological polar surface area (TPSA) is 46.2 Å². The van der Waals surface area contributed by atoms with Crippen molar-refractivity contribution in [3.8, 4) is 0 Å². The van der Waals surface area contributed by atoms with E-state index in [1.165, 1.54) is 6.08 Å². The van der Waals surface area contributed by atoms with Crippen LogP contribution in [0.2, 0.25) is 0 Å². The average molecular weight is 189 g/mol. The van der Waals surface area contributed by atoms with Crippen LogP contribution in [0.4, 0.5) is 0 Å². The van der Waals surface area contributed by atoms with Gasteiger partial charge < -0.3 is 5.32 Å². The quantitative estimate of drug-likeness (QED) is 0.652. The van der Waals surface area contributed by atoms with E-state index in [1.807, 2.05) is 6.92 Å². The molecule has 0 aliphatic carbocycles. The maximum absolute atomic E-state index is 10.9. The Labute approximate surface area is 75.7 Å². The van der Waals surface area contributed by atoms with Crippen LogP contribution in [0.5, 0.6) is 0 Å². The molecule has 0 aliphatic rings. The molecule has 1 amide bonds. The van der Waals surface area contributed by atoms with E-state index in [2.05, 4.69) is 5.32 Å². The Morgan fingerprint density at radius 1 is 1.67 bits per heavy atom. The summed E-state index contributed by atoms with van der Waals surface area (Å²) in [6.45, 7) is 4.08. The summed E-state index contributed by atoms with van der Waals surface area (Å²) >= 11 is 0. The molecule has 3 nitrogen and oxygen atoms in total. The van der Waals surface area contributed by atoms with Gasteiger partial charge in [-0.1, -0.05) is 6.08 Å². The van der Waals surface area contributed by atoms with Gasteiger partial charge in [-0.2, -0.15) is 0 Å². The molecule has 0 radical (unpaired) electrons. The molecule has 0 aliphatic heterocycles. The van der Waals surface area contributed by atoms with E-state index in [0.29, 0.717) is 6.54 Å². The van der Waals surface area contributed by atoms with Crippen molar-refractivity contribution in [1.29, 1.82) is 0 Å². The number of carbonyl (C=O) groups excluding carboxylic acids is 1. The molecule has 0 heterocycles. The van der Waals surface area contributed by atoms with E-state index in [9.17, 15) is 9.00 Å². The highest BCUT2D eigenvalue weighted by molar-refractivity contribution is 7.84. The number of carbonyl (C=O) groups is 1. The monoisotopic (exact) mass is 189 g/mol. The second kappa shape index (κ2) is 5.94. The number of nitrogens with one attached hydrogen (secondary N) is 1. The third-order valence-electron chi connectivity index (χ3n) is 1.45. The van der Waals surface area contributed by atoms with Crippen molar-refractivity contribution in [2.24, 2.45) is 0 Å². The summed E-state index contributed by atoms with van der Waals surface area (Å²) < 4.78 is 10.9. The third kappa shape index (κ3) is 5.07. The lowest BCUT2D eigenvalue weighted by atomic mass is 10.4. The largest absolute Gasteiger partial charge is 0.351 e. The third-order valence-corrected chi connectivity index (χ3v) is 2.75. The fourth-order valence-electron chi connectivity index (χ4n) is 0.572.